The molecule has 5 heteroatoms. The van der Waals surface area contributed by atoms with Crippen LogP contribution in [0.3, 0.4) is 0 Å². The number of para-hydroxylation sites is 1. The van der Waals surface area contributed by atoms with E-state index < -0.39 is 0 Å². The highest BCUT2D eigenvalue weighted by atomic mass is 16.5. The molecule has 0 fully saturated rings. The van der Waals surface area contributed by atoms with E-state index in [1.54, 1.807) is 0 Å². The van der Waals surface area contributed by atoms with Gasteiger partial charge < -0.3 is 4.74 Å². The van der Waals surface area contributed by atoms with Gasteiger partial charge in [0.25, 0.3) is 6.33 Å². The number of ether oxygens (including phenoxy) is 1. The third-order valence-corrected chi connectivity index (χ3v) is 12.6. The second-order valence-electron chi connectivity index (χ2n) is 21.8. The Hall–Kier alpha value is -5.94. The Kier molecular flexibility index (Phi) is 11.6. The van der Waals surface area contributed by atoms with Crippen LogP contribution in [0, 0.1) is 6.33 Å². The topological polar surface area (TPSA) is 35.9 Å². The normalized spacial score (nSPS) is 12.7. The smallest absolute Gasteiger partial charge is 0.269 e. The predicted molar refractivity (Wildman–Crippen MR) is 269 cm³/mol. The maximum absolute atomic E-state index is 6.99. The lowest BCUT2D eigenvalue weighted by Crippen LogP contribution is -2.40. The number of benzene rings is 5. The second kappa shape index (κ2) is 16.6. The molecule has 0 aliphatic rings. The minimum atomic E-state index is -0.217. The first-order chi connectivity index (χ1) is 30.1. The molecule has 5 aromatic carbocycles. The van der Waals surface area contributed by atoms with Gasteiger partial charge in [0.2, 0.25) is 0 Å². The molecular weight excluding hydrogens is 781 g/mol. The molecule has 8 rings (SSSR count). The van der Waals surface area contributed by atoms with Gasteiger partial charge in [-0.05, 0) is 128 Å². The monoisotopic (exact) mass is 849 g/mol. The number of nitrogens with zero attached hydrogens (tertiary/aromatic N) is 4. The van der Waals surface area contributed by atoms with Gasteiger partial charge in [-0.1, -0.05) is 152 Å². The molecule has 0 spiro atoms. The average Bonchev–Trinajstić information content (AvgIpc) is 3.81. The van der Waals surface area contributed by atoms with Gasteiger partial charge in [0, 0.05) is 23.0 Å². The molecule has 64 heavy (non-hydrogen) atoms. The van der Waals surface area contributed by atoms with Crippen molar-refractivity contribution >= 4 is 21.8 Å². The molecule has 0 unspecified atom stereocenters. The molecule has 0 amide bonds. The summed E-state index contributed by atoms with van der Waals surface area (Å²) < 4.78 is 13.9. The molecule has 3 aromatic heterocycles. The van der Waals surface area contributed by atoms with E-state index in [2.05, 4.69) is 239 Å². The molecule has 0 aliphatic carbocycles. The fourth-order valence-corrected chi connectivity index (χ4v) is 9.34. The van der Waals surface area contributed by atoms with Gasteiger partial charge in [-0.3, -0.25) is 13.7 Å². The Labute approximate surface area is 382 Å². The Morgan fingerprint density at radius 3 is 1.84 bits per heavy atom. The highest BCUT2D eigenvalue weighted by molar-refractivity contribution is 6.09. The van der Waals surface area contributed by atoms with Crippen LogP contribution in [0.15, 0.2) is 121 Å². The summed E-state index contributed by atoms with van der Waals surface area (Å²) in [7, 11) is 0. The third kappa shape index (κ3) is 8.42. The van der Waals surface area contributed by atoms with Gasteiger partial charge in [-0.25, -0.2) is 4.98 Å². The Balaban J connectivity index is 1.28. The van der Waals surface area contributed by atoms with E-state index in [1.165, 1.54) is 50.2 Å². The van der Waals surface area contributed by atoms with E-state index in [0.717, 1.165) is 45.1 Å². The highest BCUT2D eigenvalue weighted by Gasteiger charge is 2.34. The number of imidazole rings is 1. The lowest BCUT2D eigenvalue weighted by atomic mass is 9.81. The first-order valence-corrected chi connectivity index (χ1v) is 23.3. The van der Waals surface area contributed by atoms with Crippen molar-refractivity contribution in [3.63, 3.8) is 0 Å². The van der Waals surface area contributed by atoms with Gasteiger partial charge in [-0.15, -0.1) is 0 Å². The summed E-state index contributed by atoms with van der Waals surface area (Å²) in [6.07, 6.45) is 5.85. The standard InChI is InChI=1S/C59H68N4O/c1-37(2)41-29-30-60-53(31-41)63-51-22-17-16-19-49(51)50-28-27-45(35-52(50)63)64-46-33-42(57(7,8)9)32-44(34-46)62-36-61(55(58(10,11)12)56(62)59(13,14)15)43-25-23-40(24-26-43)54-47(38(3)4)20-18-21-48(54)39(5)6/h16-35,37-39H,1-15H3. The van der Waals surface area contributed by atoms with Crippen LogP contribution in [0.25, 0.3) is 50.1 Å². The van der Waals surface area contributed by atoms with Crippen molar-refractivity contribution in [2.24, 2.45) is 0 Å². The number of rotatable bonds is 9. The summed E-state index contributed by atoms with van der Waals surface area (Å²) in [5.41, 5.74) is 14.0. The van der Waals surface area contributed by atoms with Crippen molar-refractivity contribution in [2.45, 2.75) is 138 Å². The highest BCUT2D eigenvalue weighted by Crippen LogP contribution is 2.41. The zero-order valence-electron chi connectivity index (χ0n) is 41.0. The summed E-state index contributed by atoms with van der Waals surface area (Å²) in [6.45, 7) is 34.3. The minimum Gasteiger partial charge on any atom is -0.458 e. The molecule has 0 N–H and O–H groups in total. The fourth-order valence-electron chi connectivity index (χ4n) is 9.34. The third-order valence-electron chi connectivity index (χ3n) is 12.6. The molecular formula is C59H68N4O. The maximum Gasteiger partial charge on any atom is 0.269 e. The van der Waals surface area contributed by atoms with E-state index >= 15 is 0 Å². The molecule has 5 nitrogen and oxygen atoms in total. The second-order valence-corrected chi connectivity index (χ2v) is 21.8. The van der Waals surface area contributed by atoms with Gasteiger partial charge in [-0.2, -0.15) is 0 Å². The van der Waals surface area contributed by atoms with Crippen molar-refractivity contribution in [3.8, 4) is 39.8 Å². The molecule has 0 saturated carbocycles. The fraction of sp³-hybridized carbons (Fsp3) is 0.356. The van der Waals surface area contributed by atoms with Crippen molar-refractivity contribution in [3.05, 3.63) is 161 Å². The zero-order chi connectivity index (χ0) is 46.0. The molecule has 0 radical (unpaired) electrons. The van der Waals surface area contributed by atoms with E-state index in [4.69, 9.17) is 9.72 Å². The van der Waals surface area contributed by atoms with Crippen LogP contribution in [0.2, 0.25) is 0 Å². The van der Waals surface area contributed by atoms with Crippen LogP contribution >= 0.6 is 0 Å². The van der Waals surface area contributed by atoms with Crippen LogP contribution in [0.1, 0.15) is 155 Å². The molecule has 0 atom stereocenters. The number of hydrogen-bond acceptors (Lipinski definition) is 2. The van der Waals surface area contributed by atoms with Crippen LogP contribution in [0.5, 0.6) is 11.5 Å². The number of pyridine rings is 1. The Morgan fingerprint density at radius 1 is 0.578 bits per heavy atom. The van der Waals surface area contributed by atoms with Gasteiger partial charge in [0.05, 0.1) is 33.8 Å². The first kappa shape index (κ1) is 44.7. The molecule has 0 saturated heterocycles. The van der Waals surface area contributed by atoms with Crippen LogP contribution in [-0.2, 0) is 16.2 Å². The van der Waals surface area contributed by atoms with Crippen LogP contribution in [0.4, 0.5) is 0 Å². The van der Waals surface area contributed by atoms with Crippen LogP contribution < -0.4 is 9.30 Å². The van der Waals surface area contributed by atoms with Gasteiger partial charge >= 0.3 is 0 Å². The molecule has 0 aliphatic heterocycles. The lowest BCUT2D eigenvalue weighted by molar-refractivity contribution is -0.611. The maximum atomic E-state index is 6.99. The summed E-state index contributed by atoms with van der Waals surface area (Å²) in [6, 6.07) is 42.1. The average molecular weight is 849 g/mol. The van der Waals surface area contributed by atoms with Crippen LogP contribution in [-0.4, -0.2) is 14.1 Å². The van der Waals surface area contributed by atoms with E-state index in [9.17, 15) is 0 Å². The summed E-state index contributed by atoms with van der Waals surface area (Å²) in [5, 5.41) is 2.35. The number of aromatic nitrogens is 4. The molecule has 330 valence electrons. The van der Waals surface area contributed by atoms with E-state index in [1.807, 2.05) is 6.20 Å². The molecule has 3 heterocycles. The van der Waals surface area contributed by atoms with Crippen molar-refractivity contribution in [1.29, 1.82) is 0 Å². The van der Waals surface area contributed by atoms with E-state index in [-0.39, 0.29) is 16.2 Å². The largest absolute Gasteiger partial charge is 0.458 e. The van der Waals surface area contributed by atoms with E-state index in [0.29, 0.717) is 17.8 Å². The summed E-state index contributed by atoms with van der Waals surface area (Å²) >= 11 is 0. The van der Waals surface area contributed by atoms with Crippen molar-refractivity contribution in [1.82, 2.24) is 14.1 Å². The number of hydrogen-bond donors (Lipinski definition) is 0. The lowest BCUT2D eigenvalue weighted by Gasteiger charge is -2.30. The van der Waals surface area contributed by atoms with Crippen molar-refractivity contribution < 1.29 is 9.30 Å². The Morgan fingerprint density at radius 2 is 1.23 bits per heavy atom. The molecule has 0 bridgehead atoms. The van der Waals surface area contributed by atoms with Gasteiger partial charge in [0.15, 0.2) is 0 Å². The summed E-state index contributed by atoms with van der Waals surface area (Å²) in [5.74, 6) is 3.69. The zero-order valence-corrected chi connectivity index (χ0v) is 41.0. The molecule has 8 aromatic rings. The minimum absolute atomic E-state index is 0.146. The SMILES string of the molecule is CC(C)c1ccnc(-n2c3ccccc3c3ccc(Oc4cc(-n5[c-][n+](-c6ccc(-c7c(C(C)C)cccc7C(C)C)cc6)c(C(C)(C)C)c5C(C)(C)C)cc(C(C)(C)C)c4)cc32)c1. The quantitative estimate of drug-likeness (QED) is 0.107. The predicted octanol–water partition coefficient (Wildman–Crippen LogP) is 15.8. The van der Waals surface area contributed by atoms with Crippen molar-refractivity contribution in [2.75, 3.05) is 0 Å². The van der Waals surface area contributed by atoms with Gasteiger partial charge in [0.1, 0.15) is 17.3 Å². The Bertz CT molecular complexity index is 2960. The first-order valence-electron chi connectivity index (χ1n) is 23.3. The number of fused-ring (bicyclic) bond motifs is 3. The summed E-state index contributed by atoms with van der Waals surface area (Å²) in [4.78, 5) is 4.89.